The van der Waals surface area contributed by atoms with Crippen LogP contribution in [0.5, 0.6) is 0 Å². The first-order valence-electron chi connectivity index (χ1n) is 9.61. The second-order valence-electron chi connectivity index (χ2n) is 6.81. The molecule has 0 aliphatic heterocycles. The molecule has 1 aromatic heterocycles. The van der Waals surface area contributed by atoms with E-state index < -0.39 is 5.97 Å². The van der Waals surface area contributed by atoms with Crippen molar-refractivity contribution in [2.45, 2.75) is 26.9 Å². The maximum Gasteiger partial charge on any atom is 0.341 e. The van der Waals surface area contributed by atoms with Gasteiger partial charge < -0.3 is 20.7 Å². The van der Waals surface area contributed by atoms with Crippen LogP contribution >= 0.6 is 11.3 Å². The molecule has 8 heteroatoms. The minimum atomic E-state index is -0.488. The van der Waals surface area contributed by atoms with Gasteiger partial charge in [0.05, 0.1) is 17.0 Å². The van der Waals surface area contributed by atoms with E-state index in [0.29, 0.717) is 34.1 Å². The smallest absolute Gasteiger partial charge is 0.341 e. The average Bonchev–Trinajstić information content (AvgIpc) is 3.03. The van der Waals surface area contributed by atoms with Gasteiger partial charge in [-0.1, -0.05) is 19.1 Å². The lowest BCUT2D eigenvalue weighted by molar-refractivity contribution is 0.0525. The van der Waals surface area contributed by atoms with Crippen LogP contribution in [0.15, 0.2) is 24.3 Å². The Kier molecular flexibility index (Phi) is 8.04. The van der Waals surface area contributed by atoms with Gasteiger partial charge in [-0.15, -0.1) is 11.3 Å². The molecule has 0 saturated carbocycles. The summed E-state index contributed by atoms with van der Waals surface area (Å²) in [6.45, 7) is 5.91. The van der Waals surface area contributed by atoms with Crippen LogP contribution in [-0.2, 0) is 17.8 Å². The highest BCUT2D eigenvalue weighted by Crippen LogP contribution is 2.33. The van der Waals surface area contributed by atoms with Crippen molar-refractivity contribution in [3.63, 3.8) is 0 Å². The maximum atomic E-state index is 12.5. The molecular formula is C21H30N4O3S. The summed E-state index contributed by atoms with van der Waals surface area (Å²) in [7, 11) is 5.58. The first kappa shape index (κ1) is 22.7. The molecule has 0 fully saturated rings. The Balaban J connectivity index is 2.33. The number of carbonyl (C=O) groups excluding carboxylic acids is 2. The highest BCUT2D eigenvalue weighted by atomic mass is 32.1. The second kappa shape index (κ2) is 10.3. The third-order valence-corrected chi connectivity index (χ3v) is 5.69. The predicted molar refractivity (Wildman–Crippen MR) is 119 cm³/mol. The number of nitrogens with one attached hydrogen (secondary N) is 1. The number of nitrogen functional groups attached to an aromatic ring is 1. The van der Waals surface area contributed by atoms with Crippen molar-refractivity contribution in [3.05, 3.63) is 45.8 Å². The standard InChI is InChI=1S/C21H30N4O3S/c1-6-25(12-14-8-10-15(11-9-14)24(4)5)13-16-17(21(27)28-7-2)19(22)29-18(16)20(26)23-3/h8-11H,6-7,12-13,22H2,1-5H3,(H,23,26). The van der Waals surface area contributed by atoms with Gasteiger partial charge in [0.15, 0.2) is 0 Å². The molecule has 3 N–H and O–H groups in total. The number of esters is 1. The molecule has 1 amide bonds. The van der Waals surface area contributed by atoms with E-state index in [-0.39, 0.29) is 12.5 Å². The number of carbonyl (C=O) groups is 2. The van der Waals surface area contributed by atoms with Crippen LogP contribution < -0.4 is 16.0 Å². The number of nitrogens with zero attached hydrogens (tertiary/aromatic N) is 2. The molecule has 2 aromatic rings. The van der Waals surface area contributed by atoms with E-state index in [1.807, 2.05) is 21.0 Å². The first-order valence-corrected chi connectivity index (χ1v) is 10.4. The molecule has 158 valence electrons. The second-order valence-corrected chi connectivity index (χ2v) is 7.86. The Morgan fingerprint density at radius 3 is 2.31 bits per heavy atom. The van der Waals surface area contributed by atoms with Gasteiger partial charge in [0, 0.05) is 45.5 Å². The minimum Gasteiger partial charge on any atom is -0.462 e. The largest absolute Gasteiger partial charge is 0.462 e. The number of ether oxygens (including phenoxy) is 1. The summed E-state index contributed by atoms with van der Waals surface area (Å²) in [5, 5.41) is 2.94. The molecule has 1 aromatic carbocycles. The van der Waals surface area contributed by atoms with Crippen LogP contribution in [0.3, 0.4) is 0 Å². The van der Waals surface area contributed by atoms with Crippen molar-refractivity contribution >= 4 is 33.9 Å². The highest BCUT2D eigenvalue weighted by Gasteiger charge is 2.27. The first-order chi connectivity index (χ1) is 13.8. The number of anilines is 2. The molecule has 1 heterocycles. The van der Waals surface area contributed by atoms with E-state index in [1.165, 1.54) is 0 Å². The molecule has 0 aliphatic rings. The zero-order valence-electron chi connectivity index (χ0n) is 17.7. The third-order valence-electron chi connectivity index (χ3n) is 4.63. The number of benzene rings is 1. The van der Waals surface area contributed by atoms with E-state index in [2.05, 4.69) is 39.4 Å². The summed E-state index contributed by atoms with van der Waals surface area (Å²) in [6.07, 6.45) is 0. The Hall–Kier alpha value is -2.58. The molecule has 7 nitrogen and oxygen atoms in total. The quantitative estimate of drug-likeness (QED) is 0.609. The molecule has 0 spiro atoms. The summed E-state index contributed by atoms with van der Waals surface area (Å²) in [5.41, 5.74) is 9.31. The van der Waals surface area contributed by atoms with Gasteiger partial charge in [0.1, 0.15) is 5.00 Å². The Labute approximate surface area is 176 Å². The van der Waals surface area contributed by atoms with Crippen LogP contribution in [0, 0.1) is 0 Å². The monoisotopic (exact) mass is 418 g/mol. The molecule has 0 bridgehead atoms. The normalized spacial score (nSPS) is 10.8. The number of nitrogens with two attached hydrogens (primary N) is 1. The van der Waals surface area contributed by atoms with Gasteiger partial charge in [0.25, 0.3) is 5.91 Å². The zero-order valence-corrected chi connectivity index (χ0v) is 18.6. The fourth-order valence-corrected chi connectivity index (χ4v) is 4.03. The van der Waals surface area contributed by atoms with Crippen molar-refractivity contribution in [3.8, 4) is 0 Å². The number of hydrogen-bond donors (Lipinski definition) is 2. The van der Waals surface area contributed by atoms with Crippen LogP contribution in [-0.4, -0.2) is 51.1 Å². The molecule has 0 unspecified atom stereocenters. The molecular weight excluding hydrogens is 388 g/mol. The molecule has 0 saturated heterocycles. The Morgan fingerprint density at radius 2 is 1.79 bits per heavy atom. The fraction of sp³-hybridized carbons (Fsp3) is 0.429. The van der Waals surface area contributed by atoms with E-state index in [1.54, 1.807) is 14.0 Å². The van der Waals surface area contributed by atoms with Gasteiger partial charge in [-0.05, 0) is 31.2 Å². The summed E-state index contributed by atoms with van der Waals surface area (Å²) in [6, 6.07) is 8.33. The van der Waals surface area contributed by atoms with Crippen molar-refractivity contribution in [2.24, 2.45) is 0 Å². The number of hydrogen-bond acceptors (Lipinski definition) is 7. The SMILES string of the molecule is CCOC(=O)c1c(N)sc(C(=O)NC)c1CN(CC)Cc1ccc(N(C)C)cc1. The van der Waals surface area contributed by atoms with Crippen molar-refractivity contribution < 1.29 is 14.3 Å². The lowest BCUT2D eigenvalue weighted by Crippen LogP contribution is -2.26. The van der Waals surface area contributed by atoms with E-state index in [0.717, 1.165) is 29.1 Å². The van der Waals surface area contributed by atoms with Crippen molar-refractivity contribution in [2.75, 3.05) is 44.9 Å². The van der Waals surface area contributed by atoms with E-state index >= 15 is 0 Å². The van der Waals surface area contributed by atoms with Gasteiger partial charge in [-0.3, -0.25) is 9.69 Å². The molecule has 0 aliphatic carbocycles. The highest BCUT2D eigenvalue weighted by molar-refractivity contribution is 7.18. The van der Waals surface area contributed by atoms with Gasteiger partial charge >= 0.3 is 5.97 Å². The summed E-state index contributed by atoms with van der Waals surface area (Å²) in [4.78, 5) is 29.5. The van der Waals surface area contributed by atoms with E-state index in [4.69, 9.17) is 10.5 Å². The van der Waals surface area contributed by atoms with Gasteiger partial charge in [-0.25, -0.2) is 4.79 Å². The topological polar surface area (TPSA) is 87.9 Å². The maximum absolute atomic E-state index is 12.5. The summed E-state index contributed by atoms with van der Waals surface area (Å²) < 4.78 is 5.18. The lowest BCUT2D eigenvalue weighted by atomic mass is 10.1. The number of thiophene rings is 1. The van der Waals surface area contributed by atoms with Crippen LogP contribution in [0.25, 0.3) is 0 Å². The predicted octanol–water partition coefficient (Wildman–Crippen LogP) is 2.95. The van der Waals surface area contributed by atoms with Crippen LogP contribution in [0.1, 0.15) is 45.0 Å². The Morgan fingerprint density at radius 1 is 1.14 bits per heavy atom. The fourth-order valence-electron chi connectivity index (χ4n) is 3.02. The number of rotatable bonds is 9. The Bertz CT molecular complexity index is 846. The molecule has 2 rings (SSSR count). The molecule has 0 atom stereocenters. The number of amides is 1. The van der Waals surface area contributed by atoms with E-state index in [9.17, 15) is 9.59 Å². The third kappa shape index (κ3) is 5.48. The zero-order chi connectivity index (χ0) is 21.6. The van der Waals surface area contributed by atoms with Gasteiger partial charge in [-0.2, -0.15) is 0 Å². The molecule has 29 heavy (non-hydrogen) atoms. The molecule has 0 radical (unpaired) electrons. The summed E-state index contributed by atoms with van der Waals surface area (Å²) >= 11 is 1.12. The van der Waals surface area contributed by atoms with Crippen LogP contribution in [0.2, 0.25) is 0 Å². The average molecular weight is 419 g/mol. The van der Waals surface area contributed by atoms with Crippen molar-refractivity contribution in [1.29, 1.82) is 0 Å². The van der Waals surface area contributed by atoms with Crippen molar-refractivity contribution in [1.82, 2.24) is 10.2 Å². The summed E-state index contributed by atoms with van der Waals surface area (Å²) in [5.74, 6) is -0.739. The van der Waals surface area contributed by atoms with Crippen LogP contribution in [0.4, 0.5) is 10.7 Å². The minimum absolute atomic E-state index is 0.249. The van der Waals surface area contributed by atoms with Gasteiger partial charge in [0.2, 0.25) is 0 Å². The lowest BCUT2D eigenvalue weighted by Gasteiger charge is -2.22.